The zero-order chi connectivity index (χ0) is 14.2. The molecule has 1 unspecified atom stereocenters. The summed E-state index contributed by atoms with van der Waals surface area (Å²) in [6.45, 7) is 7.67. The summed E-state index contributed by atoms with van der Waals surface area (Å²) >= 11 is 0. The van der Waals surface area contributed by atoms with Gasteiger partial charge in [0.25, 0.3) is 5.92 Å². The van der Waals surface area contributed by atoms with Gasteiger partial charge in [-0.25, -0.2) is 8.78 Å². The first-order chi connectivity index (χ1) is 8.79. The summed E-state index contributed by atoms with van der Waals surface area (Å²) in [5.74, 6) is -3.21. The molecule has 1 N–H and O–H groups in total. The number of carbonyl (C=O) groups excluding carboxylic acids is 1. The van der Waals surface area contributed by atoms with Crippen LogP contribution in [0.3, 0.4) is 0 Å². The summed E-state index contributed by atoms with van der Waals surface area (Å²) in [5, 5.41) is 2.37. The maximum Gasteiger partial charge on any atom is 0.280 e. The van der Waals surface area contributed by atoms with Crippen LogP contribution >= 0.6 is 0 Å². The number of halogens is 2. The molecule has 2 heterocycles. The predicted octanol–water partition coefficient (Wildman–Crippen LogP) is 0.925. The molecule has 6 heteroatoms. The fraction of sp³-hybridized carbons (Fsp3) is 0.923. The molecule has 2 fully saturated rings. The van der Waals surface area contributed by atoms with E-state index in [0.29, 0.717) is 19.0 Å². The van der Waals surface area contributed by atoms with Crippen LogP contribution in [-0.2, 0) is 4.79 Å². The van der Waals surface area contributed by atoms with Crippen molar-refractivity contribution in [1.29, 1.82) is 0 Å². The van der Waals surface area contributed by atoms with Gasteiger partial charge in [0.1, 0.15) is 0 Å². The van der Waals surface area contributed by atoms with Crippen LogP contribution in [-0.4, -0.2) is 65.9 Å². The molecule has 0 radical (unpaired) electrons. The van der Waals surface area contributed by atoms with E-state index in [-0.39, 0.29) is 18.5 Å². The lowest BCUT2D eigenvalue weighted by atomic mass is 9.96. The van der Waals surface area contributed by atoms with Crippen molar-refractivity contribution in [3.05, 3.63) is 0 Å². The molecule has 0 saturated carbocycles. The highest BCUT2D eigenvalue weighted by atomic mass is 19.3. The largest absolute Gasteiger partial charge is 0.347 e. The summed E-state index contributed by atoms with van der Waals surface area (Å²) in [4.78, 5) is 15.1. The topological polar surface area (TPSA) is 35.6 Å². The van der Waals surface area contributed by atoms with Gasteiger partial charge in [-0.1, -0.05) is 0 Å². The SMILES string of the molecule is CC(=O)NC1CCN(C2CN(C(C)C)C2)CC1(F)F. The molecule has 1 amide bonds. The van der Waals surface area contributed by atoms with Gasteiger partial charge in [0.15, 0.2) is 0 Å². The number of piperidine rings is 1. The van der Waals surface area contributed by atoms with E-state index >= 15 is 0 Å². The number of likely N-dealkylation sites (tertiary alicyclic amines) is 2. The van der Waals surface area contributed by atoms with Crippen molar-refractivity contribution in [2.45, 2.75) is 51.2 Å². The van der Waals surface area contributed by atoms with Gasteiger partial charge in [0.05, 0.1) is 12.6 Å². The molecule has 2 rings (SSSR count). The minimum Gasteiger partial charge on any atom is -0.347 e. The Balaban J connectivity index is 1.87. The van der Waals surface area contributed by atoms with Gasteiger partial charge in [-0.15, -0.1) is 0 Å². The van der Waals surface area contributed by atoms with Crippen molar-refractivity contribution in [3.63, 3.8) is 0 Å². The van der Waals surface area contributed by atoms with Crippen molar-refractivity contribution in [1.82, 2.24) is 15.1 Å². The number of carbonyl (C=O) groups is 1. The van der Waals surface area contributed by atoms with E-state index < -0.39 is 12.0 Å². The number of nitrogens with one attached hydrogen (secondary N) is 1. The second kappa shape index (κ2) is 5.32. The Labute approximate surface area is 113 Å². The smallest absolute Gasteiger partial charge is 0.280 e. The Bertz CT molecular complexity index is 343. The Kier molecular flexibility index (Phi) is 4.11. The summed E-state index contributed by atoms with van der Waals surface area (Å²) in [6.07, 6.45) is 0.324. The average molecular weight is 275 g/mol. The van der Waals surface area contributed by atoms with Crippen LogP contribution in [0.15, 0.2) is 0 Å². The average Bonchev–Trinajstić information content (AvgIpc) is 2.18. The minimum atomic E-state index is -2.83. The van der Waals surface area contributed by atoms with E-state index in [1.807, 2.05) is 4.90 Å². The Morgan fingerprint density at radius 2 is 2.00 bits per heavy atom. The first-order valence-corrected chi connectivity index (χ1v) is 6.92. The number of alkyl halides is 2. The summed E-state index contributed by atoms with van der Waals surface area (Å²) in [6, 6.07) is -0.289. The lowest BCUT2D eigenvalue weighted by molar-refractivity contribution is -0.135. The van der Waals surface area contributed by atoms with E-state index in [2.05, 4.69) is 24.1 Å². The molecular formula is C13H23F2N3O. The van der Waals surface area contributed by atoms with Crippen LogP contribution in [0.25, 0.3) is 0 Å². The Hall–Kier alpha value is -0.750. The van der Waals surface area contributed by atoms with Crippen LogP contribution in [0.1, 0.15) is 27.2 Å². The maximum atomic E-state index is 14.0. The molecule has 2 saturated heterocycles. The molecule has 0 aromatic rings. The lowest BCUT2D eigenvalue weighted by Gasteiger charge is -2.50. The molecule has 0 bridgehead atoms. The molecule has 0 aliphatic carbocycles. The molecule has 19 heavy (non-hydrogen) atoms. The van der Waals surface area contributed by atoms with E-state index in [1.165, 1.54) is 6.92 Å². The summed E-state index contributed by atoms with van der Waals surface area (Å²) in [5.41, 5.74) is 0. The van der Waals surface area contributed by atoms with Crippen LogP contribution in [0, 0.1) is 0 Å². The first kappa shape index (κ1) is 14.7. The zero-order valence-corrected chi connectivity index (χ0v) is 11.8. The molecule has 0 spiro atoms. The molecular weight excluding hydrogens is 252 g/mol. The second-order valence-corrected chi connectivity index (χ2v) is 5.97. The molecule has 0 aromatic heterocycles. The minimum absolute atomic E-state index is 0.242. The fourth-order valence-corrected chi connectivity index (χ4v) is 2.84. The fourth-order valence-electron chi connectivity index (χ4n) is 2.84. The molecule has 0 aromatic carbocycles. The van der Waals surface area contributed by atoms with Gasteiger partial charge in [-0.2, -0.15) is 0 Å². The summed E-state index contributed by atoms with van der Waals surface area (Å²) < 4.78 is 28.0. The van der Waals surface area contributed by atoms with Gasteiger partial charge >= 0.3 is 0 Å². The van der Waals surface area contributed by atoms with Gasteiger partial charge < -0.3 is 5.32 Å². The van der Waals surface area contributed by atoms with E-state index in [9.17, 15) is 13.6 Å². The third-order valence-corrected chi connectivity index (χ3v) is 4.14. The van der Waals surface area contributed by atoms with E-state index in [0.717, 1.165) is 13.1 Å². The Morgan fingerprint density at radius 1 is 1.37 bits per heavy atom. The van der Waals surface area contributed by atoms with Crippen molar-refractivity contribution >= 4 is 5.91 Å². The quantitative estimate of drug-likeness (QED) is 0.832. The van der Waals surface area contributed by atoms with Crippen molar-refractivity contribution in [2.75, 3.05) is 26.2 Å². The van der Waals surface area contributed by atoms with Gasteiger partial charge in [-0.05, 0) is 20.3 Å². The van der Waals surface area contributed by atoms with Crippen molar-refractivity contribution in [3.8, 4) is 0 Å². The van der Waals surface area contributed by atoms with Gasteiger partial charge in [0, 0.05) is 38.6 Å². The molecule has 4 nitrogen and oxygen atoms in total. The third kappa shape index (κ3) is 3.23. The molecule has 2 aliphatic heterocycles. The first-order valence-electron chi connectivity index (χ1n) is 6.92. The van der Waals surface area contributed by atoms with Crippen LogP contribution in [0.2, 0.25) is 0 Å². The maximum absolute atomic E-state index is 14.0. The number of hydrogen-bond acceptors (Lipinski definition) is 3. The number of hydrogen-bond donors (Lipinski definition) is 1. The predicted molar refractivity (Wildman–Crippen MR) is 69.2 cm³/mol. The standard InChI is InChI=1S/C13H23F2N3O/c1-9(2)18-6-11(7-18)17-5-4-12(16-10(3)19)13(14,15)8-17/h9,11-12H,4-8H2,1-3H3,(H,16,19). The number of rotatable bonds is 3. The summed E-state index contributed by atoms with van der Waals surface area (Å²) in [7, 11) is 0. The third-order valence-electron chi connectivity index (χ3n) is 4.14. The highest BCUT2D eigenvalue weighted by Crippen LogP contribution is 2.30. The van der Waals surface area contributed by atoms with E-state index in [4.69, 9.17) is 0 Å². The number of nitrogens with zero attached hydrogens (tertiary/aromatic N) is 2. The molecule has 2 aliphatic rings. The lowest BCUT2D eigenvalue weighted by Crippen LogP contribution is -2.67. The van der Waals surface area contributed by atoms with Crippen LogP contribution in [0.5, 0.6) is 0 Å². The van der Waals surface area contributed by atoms with E-state index in [1.54, 1.807) is 0 Å². The number of amides is 1. The monoisotopic (exact) mass is 275 g/mol. The van der Waals surface area contributed by atoms with Crippen molar-refractivity contribution < 1.29 is 13.6 Å². The van der Waals surface area contributed by atoms with Gasteiger partial charge in [0.2, 0.25) is 5.91 Å². The Morgan fingerprint density at radius 3 is 2.47 bits per heavy atom. The highest BCUT2D eigenvalue weighted by molar-refractivity contribution is 5.73. The molecule has 110 valence electrons. The zero-order valence-electron chi connectivity index (χ0n) is 11.8. The highest BCUT2D eigenvalue weighted by Gasteiger charge is 2.48. The van der Waals surface area contributed by atoms with Crippen LogP contribution in [0.4, 0.5) is 8.78 Å². The normalized spacial score (nSPS) is 29.3. The second-order valence-electron chi connectivity index (χ2n) is 5.97. The van der Waals surface area contributed by atoms with Crippen LogP contribution < -0.4 is 5.32 Å². The van der Waals surface area contributed by atoms with Gasteiger partial charge in [-0.3, -0.25) is 14.6 Å². The van der Waals surface area contributed by atoms with Crippen molar-refractivity contribution in [2.24, 2.45) is 0 Å². The molecule has 1 atom stereocenters.